The lowest BCUT2D eigenvalue weighted by molar-refractivity contribution is -0.290. The molecule has 1 aromatic rings. The third-order valence-electron chi connectivity index (χ3n) is 2.03. The molecule has 1 heterocycles. The number of nitrogens with one attached hydrogen (secondary N) is 1. The summed E-state index contributed by atoms with van der Waals surface area (Å²) in [6.07, 6.45) is -5.34. The first-order chi connectivity index (χ1) is 8.69. The number of halogens is 5. The molecule has 0 saturated heterocycles. The predicted molar refractivity (Wildman–Crippen MR) is 55.7 cm³/mol. The summed E-state index contributed by atoms with van der Waals surface area (Å²) >= 11 is 0. The second kappa shape index (κ2) is 5.51. The van der Waals surface area contributed by atoms with Gasteiger partial charge in [-0.1, -0.05) is 6.92 Å². The largest absolute Gasteiger partial charge is 0.471 e. The van der Waals surface area contributed by atoms with Gasteiger partial charge in [-0.15, -0.1) is 0 Å². The predicted octanol–water partition coefficient (Wildman–Crippen LogP) is 1.90. The van der Waals surface area contributed by atoms with Crippen molar-refractivity contribution < 1.29 is 26.7 Å². The maximum absolute atomic E-state index is 12.6. The lowest BCUT2D eigenvalue weighted by Gasteiger charge is -2.19. The Bertz CT molecular complexity index is 415. The van der Waals surface area contributed by atoms with Crippen LogP contribution in [0.25, 0.3) is 0 Å². The number of rotatable bonds is 5. The van der Waals surface area contributed by atoms with Crippen molar-refractivity contribution in [2.45, 2.75) is 25.4 Å². The number of alkyl halides is 5. The van der Waals surface area contributed by atoms with Gasteiger partial charge in [-0.2, -0.15) is 26.9 Å². The molecule has 0 bridgehead atoms. The molecular formula is C9H11F5N4O. The van der Waals surface area contributed by atoms with Gasteiger partial charge in [0.1, 0.15) is 11.6 Å². The number of ether oxygens (including phenoxy) is 1. The summed E-state index contributed by atoms with van der Waals surface area (Å²) in [5, 5.41) is 0. The van der Waals surface area contributed by atoms with Gasteiger partial charge in [0.2, 0.25) is 5.88 Å². The van der Waals surface area contributed by atoms with E-state index in [2.05, 4.69) is 20.1 Å². The van der Waals surface area contributed by atoms with E-state index in [0.29, 0.717) is 6.42 Å². The van der Waals surface area contributed by atoms with Crippen molar-refractivity contribution >= 4 is 5.82 Å². The molecular weight excluding hydrogens is 275 g/mol. The minimum atomic E-state index is -5.68. The summed E-state index contributed by atoms with van der Waals surface area (Å²) in [6, 6.07) is 1.02. The Morgan fingerprint density at radius 2 is 1.89 bits per heavy atom. The molecule has 0 aliphatic rings. The molecule has 1 rings (SSSR count). The number of aryl methyl sites for hydroxylation is 1. The molecule has 0 aliphatic heterocycles. The minimum absolute atomic E-state index is 0.0529. The monoisotopic (exact) mass is 286 g/mol. The summed E-state index contributed by atoms with van der Waals surface area (Å²) in [5.74, 6) is -0.0533. The SMILES string of the molecule is CCc1nc(NN)cc(OCC(F)(F)C(F)(F)F)n1. The van der Waals surface area contributed by atoms with Gasteiger partial charge in [0, 0.05) is 12.5 Å². The van der Waals surface area contributed by atoms with E-state index in [0.717, 1.165) is 6.07 Å². The van der Waals surface area contributed by atoms with Crippen molar-refractivity contribution in [3.05, 3.63) is 11.9 Å². The second-order valence-corrected chi connectivity index (χ2v) is 3.50. The molecule has 0 aliphatic carbocycles. The fourth-order valence-corrected chi connectivity index (χ4v) is 1.03. The Balaban J connectivity index is 2.83. The molecule has 0 aromatic carbocycles. The van der Waals surface area contributed by atoms with Crippen molar-refractivity contribution in [1.29, 1.82) is 0 Å². The van der Waals surface area contributed by atoms with Crippen molar-refractivity contribution in [3.8, 4) is 5.88 Å². The molecule has 0 amide bonds. The molecule has 108 valence electrons. The quantitative estimate of drug-likeness (QED) is 0.491. The maximum Gasteiger partial charge on any atom is 0.456 e. The molecule has 19 heavy (non-hydrogen) atoms. The van der Waals surface area contributed by atoms with E-state index in [1.165, 1.54) is 0 Å². The van der Waals surface area contributed by atoms with E-state index >= 15 is 0 Å². The van der Waals surface area contributed by atoms with Crippen LogP contribution in [0, 0.1) is 0 Å². The third kappa shape index (κ3) is 3.88. The summed E-state index contributed by atoms with van der Waals surface area (Å²) in [4.78, 5) is 7.48. The van der Waals surface area contributed by atoms with Gasteiger partial charge in [0.15, 0.2) is 6.61 Å². The van der Waals surface area contributed by atoms with Gasteiger partial charge in [0.05, 0.1) is 0 Å². The Labute approximate surface area is 104 Å². The average molecular weight is 286 g/mol. The van der Waals surface area contributed by atoms with E-state index in [9.17, 15) is 22.0 Å². The molecule has 1 aromatic heterocycles. The third-order valence-corrected chi connectivity index (χ3v) is 2.03. The van der Waals surface area contributed by atoms with Crippen molar-refractivity contribution in [3.63, 3.8) is 0 Å². The normalized spacial score (nSPS) is 12.4. The molecule has 5 nitrogen and oxygen atoms in total. The Kier molecular flexibility index (Phi) is 4.45. The van der Waals surface area contributed by atoms with Crippen LogP contribution in [0.1, 0.15) is 12.7 Å². The fourth-order valence-electron chi connectivity index (χ4n) is 1.03. The molecule has 0 spiro atoms. The van der Waals surface area contributed by atoms with Crippen LogP contribution in [0.3, 0.4) is 0 Å². The highest BCUT2D eigenvalue weighted by Gasteiger charge is 2.58. The second-order valence-electron chi connectivity index (χ2n) is 3.50. The first kappa shape index (κ1) is 15.3. The van der Waals surface area contributed by atoms with Crippen LogP contribution in [-0.2, 0) is 6.42 Å². The number of nitrogens with zero attached hydrogens (tertiary/aromatic N) is 2. The highest BCUT2D eigenvalue weighted by molar-refractivity contribution is 5.37. The average Bonchev–Trinajstić information content (AvgIpc) is 2.34. The zero-order valence-electron chi connectivity index (χ0n) is 9.76. The lowest BCUT2D eigenvalue weighted by Crippen LogP contribution is -2.41. The maximum atomic E-state index is 12.6. The first-order valence-electron chi connectivity index (χ1n) is 5.11. The Morgan fingerprint density at radius 1 is 1.26 bits per heavy atom. The van der Waals surface area contributed by atoms with E-state index in [1.807, 2.05) is 0 Å². The van der Waals surface area contributed by atoms with Crippen LogP contribution >= 0.6 is 0 Å². The Hall–Kier alpha value is -1.71. The first-order valence-corrected chi connectivity index (χ1v) is 5.11. The van der Waals surface area contributed by atoms with Crippen LogP contribution in [0.15, 0.2) is 6.07 Å². The molecule has 0 fully saturated rings. The number of hydrogen-bond acceptors (Lipinski definition) is 5. The number of aromatic nitrogens is 2. The Morgan fingerprint density at radius 3 is 2.37 bits per heavy atom. The standard InChI is InChI=1S/C9H11F5N4O/c1-2-5-16-6(18-15)3-7(17-5)19-4-8(10,11)9(12,13)14/h3H,2,4,15H2,1H3,(H,16,17,18). The van der Waals surface area contributed by atoms with E-state index in [-0.39, 0.29) is 11.6 Å². The van der Waals surface area contributed by atoms with Gasteiger partial charge >= 0.3 is 12.1 Å². The van der Waals surface area contributed by atoms with Gasteiger partial charge in [-0.25, -0.2) is 10.8 Å². The van der Waals surface area contributed by atoms with Gasteiger partial charge in [-0.3, -0.25) is 0 Å². The molecule has 0 radical (unpaired) electrons. The topological polar surface area (TPSA) is 73.1 Å². The smallest absolute Gasteiger partial charge is 0.456 e. The zero-order chi connectivity index (χ0) is 14.7. The van der Waals surface area contributed by atoms with Crippen LogP contribution in [0.5, 0.6) is 5.88 Å². The zero-order valence-corrected chi connectivity index (χ0v) is 9.76. The molecule has 3 N–H and O–H groups in total. The molecule has 0 atom stereocenters. The fraction of sp³-hybridized carbons (Fsp3) is 0.556. The van der Waals surface area contributed by atoms with E-state index < -0.39 is 24.6 Å². The van der Waals surface area contributed by atoms with Crippen LogP contribution < -0.4 is 16.0 Å². The van der Waals surface area contributed by atoms with E-state index in [1.54, 1.807) is 6.92 Å². The van der Waals surface area contributed by atoms with Crippen molar-refractivity contribution in [2.24, 2.45) is 5.84 Å². The van der Waals surface area contributed by atoms with E-state index in [4.69, 9.17) is 5.84 Å². The highest BCUT2D eigenvalue weighted by atomic mass is 19.4. The summed E-state index contributed by atoms with van der Waals surface area (Å²) in [5.41, 5.74) is 2.13. The molecule has 0 saturated carbocycles. The number of hydrazine groups is 1. The van der Waals surface area contributed by atoms with Crippen LogP contribution in [0.2, 0.25) is 0 Å². The lowest BCUT2D eigenvalue weighted by atomic mass is 10.3. The number of nitrogen functional groups attached to an aromatic ring is 1. The van der Waals surface area contributed by atoms with Gasteiger partial charge in [0.25, 0.3) is 0 Å². The molecule has 10 heteroatoms. The molecule has 0 unspecified atom stereocenters. The van der Waals surface area contributed by atoms with Crippen LogP contribution in [0.4, 0.5) is 27.8 Å². The number of anilines is 1. The minimum Gasteiger partial charge on any atom is -0.471 e. The van der Waals surface area contributed by atoms with Gasteiger partial charge in [-0.05, 0) is 0 Å². The summed E-state index contributed by atoms with van der Waals surface area (Å²) in [6.45, 7) is -0.190. The number of nitrogens with two attached hydrogens (primary N) is 1. The van der Waals surface area contributed by atoms with Crippen LogP contribution in [-0.4, -0.2) is 28.7 Å². The summed E-state index contributed by atoms with van der Waals surface area (Å²) in [7, 11) is 0. The van der Waals surface area contributed by atoms with Gasteiger partial charge < -0.3 is 10.2 Å². The highest BCUT2D eigenvalue weighted by Crippen LogP contribution is 2.35. The van der Waals surface area contributed by atoms with Crippen molar-refractivity contribution in [2.75, 3.05) is 12.0 Å². The number of hydrogen-bond donors (Lipinski definition) is 2. The van der Waals surface area contributed by atoms with Crippen molar-refractivity contribution in [1.82, 2.24) is 9.97 Å². The summed E-state index contributed by atoms with van der Waals surface area (Å²) < 4.78 is 65.5.